The molecule has 0 amide bonds. The zero-order valence-corrected chi connectivity index (χ0v) is 18.8. The van der Waals surface area contributed by atoms with Crippen molar-refractivity contribution in [3.8, 4) is 0 Å². The van der Waals surface area contributed by atoms with Crippen molar-refractivity contribution >= 4 is 34.9 Å². The molecule has 160 valence electrons. The second-order valence-electron chi connectivity index (χ2n) is 9.35. The quantitative estimate of drug-likeness (QED) is 0.714. The van der Waals surface area contributed by atoms with Crippen molar-refractivity contribution in [2.24, 2.45) is 11.8 Å². The molecule has 2 saturated heterocycles. The van der Waals surface area contributed by atoms with Crippen molar-refractivity contribution in [2.45, 2.75) is 71.3 Å². The van der Waals surface area contributed by atoms with E-state index in [1.54, 1.807) is 0 Å². The van der Waals surface area contributed by atoms with Crippen LogP contribution in [0.25, 0.3) is 0 Å². The molecule has 1 aromatic rings. The Morgan fingerprint density at radius 2 is 1.59 bits per heavy atom. The van der Waals surface area contributed by atoms with Gasteiger partial charge in [0.25, 0.3) is 0 Å². The Kier molecular flexibility index (Phi) is 6.73. The third kappa shape index (κ3) is 5.50. The standard InChI is InChI=1S/C22H36N6S/c1-16-9-12-27(13-10-16)19-14-20(28-11-5-6-17(2)15-28)25-21(24-19)26-22(29)23-18-7-3-4-8-18/h14,16-18H,3-13,15H2,1-2H3,(H2,23,24,25,26,29)/t17-/m0/s1. The number of aromatic nitrogens is 2. The number of rotatable bonds is 4. The van der Waals surface area contributed by atoms with E-state index in [9.17, 15) is 0 Å². The molecule has 3 aliphatic rings. The van der Waals surface area contributed by atoms with Crippen molar-refractivity contribution in [3.63, 3.8) is 0 Å². The SMILES string of the molecule is CC1CCN(c2cc(N3CCC[C@H](C)C3)nc(NC(=S)NC3CCCC3)n2)CC1. The van der Waals surface area contributed by atoms with Gasteiger partial charge in [-0.2, -0.15) is 9.97 Å². The van der Waals surface area contributed by atoms with E-state index in [1.165, 1.54) is 51.4 Å². The van der Waals surface area contributed by atoms with Gasteiger partial charge in [-0.3, -0.25) is 0 Å². The normalized spacial score (nSPS) is 24.0. The van der Waals surface area contributed by atoms with E-state index in [2.05, 4.69) is 40.3 Å². The Labute approximate surface area is 180 Å². The lowest BCUT2D eigenvalue weighted by atomic mass is 9.99. The first-order chi connectivity index (χ1) is 14.1. The molecule has 0 aromatic carbocycles. The lowest BCUT2D eigenvalue weighted by molar-refractivity contribution is 0.435. The number of piperidine rings is 2. The molecule has 0 unspecified atom stereocenters. The van der Waals surface area contributed by atoms with Crippen LogP contribution in [0.5, 0.6) is 0 Å². The Balaban J connectivity index is 1.52. The Morgan fingerprint density at radius 1 is 0.897 bits per heavy atom. The fraction of sp³-hybridized carbons (Fsp3) is 0.773. The summed E-state index contributed by atoms with van der Waals surface area (Å²) in [5.41, 5.74) is 0. The highest BCUT2D eigenvalue weighted by Gasteiger charge is 2.23. The van der Waals surface area contributed by atoms with Crippen LogP contribution in [-0.2, 0) is 0 Å². The first kappa shape index (κ1) is 20.6. The minimum Gasteiger partial charge on any atom is -0.360 e. The number of anilines is 3. The molecule has 2 N–H and O–H groups in total. The summed E-state index contributed by atoms with van der Waals surface area (Å²) in [5, 5.41) is 7.40. The van der Waals surface area contributed by atoms with E-state index in [-0.39, 0.29) is 0 Å². The van der Waals surface area contributed by atoms with Gasteiger partial charge in [0.1, 0.15) is 11.6 Å². The highest BCUT2D eigenvalue weighted by Crippen LogP contribution is 2.28. The van der Waals surface area contributed by atoms with Gasteiger partial charge in [0.2, 0.25) is 5.95 Å². The molecule has 3 heterocycles. The molecule has 1 atom stereocenters. The molecule has 1 aliphatic carbocycles. The predicted octanol–water partition coefficient (Wildman–Crippen LogP) is 4.18. The van der Waals surface area contributed by atoms with Gasteiger partial charge in [-0.1, -0.05) is 26.7 Å². The third-order valence-electron chi connectivity index (χ3n) is 6.70. The summed E-state index contributed by atoms with van der Waals surface area (Å²) in [6, 6.07) is 2.68. The van der Waals surface area contributed by atoms with Crippen molar-refractivity contribution in [1.29, 1.82) is 0 Å². The monoisotopic (exact) mass is 416 g/mol. The molecule has 3 fully saturated rings. The summed E-state index contributed by atoms with van der Waals surface area (Å²) in [6.45, 7) is 8.95. The topological polar surface area (TPSA) is 56.3 Å². The fourth-order valence-corrected chi connectivity index (χ4v) is 5.09. The zero-order valence-electron chi connectivity index (χ0n) is 18.0. The predicted molar refractivity (Wildman–Crippen MR) is 125 cm³/mol. The van der Waals surface area contributed by atoms with Crippen LogP contribution in [-0.4, -0.2) is 47.3 Å². The van der Waals surface area contributed by atoms with Gasteiger partial charge < -0.3 is 20.4 Å². The van der Waals surface area contributed by atoms with Crippen molar-refractivity contribution < 1.29 is 0 Å². The molecular weight excluding hydrogens is 380 g/mol. The average molecular weight is 417 g/mol. The van der Waals surface area contributed by atoms with E-state index in [0.29, 0.717) is 23.0 Å². The third-order valence-corrected chi connectivity index (χ3v) is 6.92. The number of thiocarbonyl (C=S) groups is 1. The number of hydrogen-bond donors (Lipinski definition) is 2. The summed E-state index contributed by atoms with van der Waals surface area (Å²) < 4.78 is 0. The minimum atomic E-state index is 0.490. The molecule has 1 aromatic heterocycles. The van der Waals surface area contributed by atoms with Crippen molar-refractivity contribution in [1.82, 2.24) is 15.3 Å². The van der Waals surface area contributed by atoms with Gasteiger partial charge >= 0.3 is 0 Å². The Hall–Kier alpha value is -1.63. The van der Waals surface area contributed by atoms with Crippen molar-refractivity contribution in [3.05, 3.63) is 6.07 Å². The van der Waals surface area contributed by atoms with E-state index in [0.717, 1.165) is 43.7 Å². The van der Waals surface area contributed by atoms with Crippen LogP contribution in [0.4, 0.5) is 17.6 Å². The molecule has 1 saturated carbocycles. The molecule has 0 spiro atoms. The molecule has 2 aliphatic heterocycles. The maximum atomic E-state index is 5.58. The van der Waals surface area contributed by atoms with Gasteiger partial charge in [0.15, 0.2) is 5.11 Å². The van der Waals surface area contributed by atoms with Crippen LogP contribution in [0, 0.1) is 11.8 Å². The van der Waals surface area contributed by atoms with E-state index >= 15 is 0 Å². The summed E-state index contributed by atoms with van der Waals surface area (Å²) in [4.78, 5) is 14.6. The molecule has 29 heavy (non-hydrogen) atoms. The summed E-state index contributed by atoms with van der Waals surface area (Å²) in [7, 11) is 0. The van der Waals surface area contributed by atoms with Gasteiger partial charge in [-0.15, -0.1) is 0 Å². The number of hydrogen-bond acceptors (Lipinski definition) is 5. The number of nitrogens with zero attached hydrogens (tertiary/aromatic N) is 4. The highest BCUT2D eigenvalue weighted by atomic mass is 32.1. The summed E-state index contributed by atoms with van der Waals surface area (Å²) in [6.07, 6.45) is 9.96. The van der Waals surface area contributed by atoms with Gasteiger partial charge in [-0.05, 0) is 62.6 Å². The number of nitrogens with one attached hydrogen (secondary N) is 2. The van der Waals surface area contributed by atoms with Crippen LogP contribution in [0.2, 0.25) is 0 Å². The molecule has 0 bridgehead atoms. The average Bonchev–Trinajstić information content (AvgIpc) is 3.21. The molecule has 4 rings (SSSR count). The lowest BCUT2D eigenvalue weighted by Gasteiger charge is -2.34. The first-order valence-corrected chi connectivity index (χ1v) is 11.9. The summed E-state index contributed by atoms with van der Waals surface area (Å²) in [5.74, 6) is 4.21. The molecule has 6 nitrogen and oxygen atoms in total. The van der Waals surface area contributed by atoms with Crippen LogP contribution in [0.3, 0.4) is 0 Å². The molecule has 7 heteroatoms. The van der Waals surface area contributed by atoms with Crippen LogP contribution in [0.1, 0.15) is 65.2 Å². The van der Waals surface area contributed by atoms with E-state index < -0.39 is 0 Å². The van der Waals surface area contributed by atoms with Crippen molar-refractivity contribution in [2.75, 3.05) is 41.3 Å². The summed E-state index contributed by atoms with van der Waals surface area (Å²) >= 11 is 5.58. The first-order valence-electron chi connectivity index (χ1n) is 11.5. The largest absolute Gasteiger partial charge is 0.360 e. The van der Waals surface area contributed by atoms with E-state index in [1.807, 2.05) is 0 Å². The van der Waals surface area contributed by atoms with Gasteiger partial charge in [0.05, 0.1) is 0 Å². The smallest absolute Gasteiger partial charge is 0.232 e. The van der Waals surface area contributed by atoms with Crippen LogP contribution < -0.4 is 20.4 Å². The van der Waals surface area contributed by atoms with Gasteiger partial charge in [0, 0.05) is 38.3 Å². The fourth-order valence-electron chi connectivity index (χ4n) is 4.83. The second-order valence-corrected chi connectivity index (χ2v) is 9.76. The highest BCUT2D eigenvalue weighted by molar-refractivity contribution is 7.80. The van der Waals surface area contributed by atoms with Crippen LogP contribution >= 0.6 is 12.2 Å². The maximum absolute atomic E-state index is 5.58. The Morgan fingerprint density at radius 3 is 2.28 bits per heavy atom. The maximum Gasteiger partial charge on any atom is 0.232 e. The molecular formula is C22H36N6S. The second kappa shape index (κ2) is 9.45. The minimum absolute atomic E-state index is 0.490. The van der Waals surface area contributed by atoms with Crippen LogP contribution in [0.15, 0.2) is 6.07 Å². The Bertz CT molecular complexity index is 697. The van der Waals surface area contributed by atoms with E-state index in [4.69, 9.17) is 22.2 Å². The zero-order chi connectivity index (χ0) is 20.2. The lowest BCUT2D eigenvalue weighted by Crippen LogP contribution is -2.38. The molecule has 0 radical (unpaired) electrons. The van der Waals surface area contributed by atoms with Gasteiger partial charge in [-0.25, -0.2) is 0 Å².